The molecule has 1 amide bonds. The largest absolute Gasteiger partial charge is 0.510 e. The van der Waals surface area contributed by atoms with E-state index in [1.165, 1.54) is 30.4 Å². The van der Waals surface area contributed by atoms with E-state index in [1.807, 2.05) is 37.3 Å². The maximum absolute atomic E-state index is 12.8. The molecule has 1 aliphatic carbocycles. The number of nitrogens with one attached hydrogen (secondary N) is 1. The standard InChI is InChI=1S/C64H98N2O16/c1-45(26-19-15-11-7-4-5-10-14-18-22-34-62(81)66-63-59(78)35-36-60(63)79)64(82)47(3)58(77)33-21-17-13-9-6-8-12-16-20-32-57(76)46(2)61(80)44-56(75)43-55(74)41-51(70)30-24-29-50(69)40-54(73)42-53(72)39-49(68)28-23-27-48(67)38-52(71)31-25-37-65/h4-10,12-14,16-24,26,28,30,33-34,45-58,64,67-78,82H,11,15,25,27,29,31-32,35-44,65H2,1-3H3,(H,66,81)/b7-4+,9-6+,10-5+,12-8+,17-13+,18-14+,20-16+,26-19+,28-23+,30-24+,33-21+,34-22+. The number of hydrogen-bond acceptors (Lipinski definition) is 17. The fourth-order valence-electron chi connectivity index (χ4n) is 8.49. The molecule has 15 atom stereocenters. The van der Waals surface area contributed by atoms with Crippen molar-refractivity contribution in [3.05, 3.63) is 157 Å². The van der Waals surface area contributed by atoms with Crippen molar-refractivity contribution in [1.29, 1.82) is 0 Å². The van der Waals surface area contributed by atoms with Crippen molar-refractivity contribution in [1.82, 2.24) is 5.32 Å². The smallest absolute Gasteiger partial charge is 0.248 e. The van der Waals surface area contributed by atoms with E-state index < -0.39 is 91.0 Å². The number of hydrogen-bond donors (Lipinski definition) is 15. The number of aliphatic hydroxyl groups is 13. The average Bonchev–Trinajstić information content (AvgIpc) is 3.73. The second-order valence-corrected chi connectivity index (χ2v) is 21.1. The first-order valence-corrected chi connectivity index (χ1v) is 28.7. The van der Waals surface area contributed by atoms with Crippen molar-refractivity contribution in [3.63, 3.8) is 0 Å². The number of Topliss-reactive ketones (excluding diaryl/α,β-unsaturated/α-hetero) is 2. The van der Waals surface area contributed by atoms with Crippen LogP contribution in [-0.4, -0.2) is 164 Å². The van der Waals surface area contributed by atoms with Crippen LogP contribution in [0.4, 0.5) is 0 Å². The number of ketones is 2. The number of aliphatic hydroxyl groups excluding tert-OH is 13. The zero-order valence-electron chi connectivity index (χ0n) is 48.2. The summed E-state index contributed by atoms with van der Waals surface area (Å²) in [5.74, 6) is -2.62. The Morgan fingerprint density at radius 2 is 1.01 bits per heavy atom. The topological polar surface area (TPSA) is 352 Å². The van der Waals surface area contributed by atoms with Gasteiger partial charge in [0.25, 0.3) is 0 Å². The maximum atomic E-state index is 12.8. The SMILES string of the molecule is CC(/C=C/CC/C=C/C=C/C=C/C=C/C(=O)NC1=C(O)CCC1=O)C(O)C(C)C(O)/C=C/C=C/C=C/C=C/C=C/CC(O)C(C)C(=O)CC(O)CC(O)CC(O)/C=C/CC(O)CC(O)CC(O)CC(O)/C=C/CC(O)CC(O)CCCN. The highest BCUT2D eigenvalue weighted by molar-refractivity contribution is 6.03. The van der Waals surface area contributed by atoms with Crippen LogP contribution in [0.1, 0.15) is 124 Å². The summed E-state index contributed by atoms with van der Waals surface area (Å²) in [5, 5.41) is 136. The minimum atomic E-state index is -1.21. The van der Waals surface area contributed by atoms with Crippen LogP contribution in [0.2, 0.25) is 0 Å². The van der Waals surface area contributed by atoms with Crippen molar-refractivity contribution in [2.24, 2.45) is 23.5 Å². The normalized spacial score (nSPS) is 19.9. The molecule has 0 fully saturated rings. The summed E-state index contributed by atoms with van der Waals surface area (Å²) in [7, 11) is 0. The predicted molar refractivity (Wildman–Crippen MR) is 320 cm³/mol. The molecule has 0 aliphatic heterocycles. The highest BCUT2D eigenvalue weighted by atomic mass is 16.3. The van der Waals surface area contributed by atoms with E-state index in [9.17, 15) is 80.8 Å². The van der Waals surface area contributed by atoms with E-state index >= 15 is 0 Å². The number of rotatable bonds is 44. The van der Waals surface area contributed by atoms with Gasteiger partial charge in [-0.3, -0.25) is 14.4 Å². The van der Waals surface area contributed by atoms with Gasteiger partial charge in [-0.25, -0.2) is 0 Å². The Morgan fingerprint density at radius 1 is 0.524 bits per heavy atom. The van der Waals surface area contributed by atoms with E-state index in [0.29, 0.717) is 19.4 Å². The fourth-order valence-corrected chi connectivity index (χ4v) is 8.49. The Kier molecular flexibility index (Phi) is 41.2. The molecular weight excluding hydrogens is 1050 g/mol. The van der Waals surface area contributed by atoms with Gasteiger partial charge in [0.2, 0.25) is 5.91 Å². The van der Waals surface area contributed by atoms with Gasteiger partial charge in [0, 0.05) is 55.9 Å². The van der Waals surface area contributed by atoms with Crippen LogP contribution in [0.25, 0.3) is 0 Å². The molecule has 0 saturated heterocycles. The van der Waals surface area contributed by atoms with Gasteiger partial charge in [0.15, 0.2) is 5.78 Å². The third-order valence-corrected chi connectivity index (χ3v) is 13.5. The predicted octanol–water partition coefficient (Wildman–Crippen LogP) is 5.14. The lowest BCUT2D eigenvalue weighted by Crippen LogP contribution is -2.32. The van der Waals surface area contributed by atoms with Gasteiger partial charge in [-0.15, -0.1) is 0 Å². The number of unbranched alkanes of at least 4 members (excludes halogenated alkanes) is 1. The Bertz CT molecular complexity index is 2210. The Hall–Kier alpha value is -5.29. The molecule has 16 N–H and O–H groups in total. The lowest BCUT2D eigenvalue weighted by molar-refractivity contribution is -0.128. The Labute approximate surface area is 485 Å². The molecule has 18 heteroatoms. The molecule has 18 nitrogen and oxygen atoms in total. The Morgan fingerprint density at radius 3 is 1.57 bits per heavy atom. The molecule has 0 aromatic carbocycles. The first-order chi connectivity index (χ1) is 39.0. The molecule has 1 rings (SSSR count). The molecule has 15 unspecified atom stereocenters. The van der Waals surface area contributed by atoms with Crippen LogP contribution in [0.5, 0.6) is 0 Å². The summed E-state index contributed by atoms with van der Waals surface area (Å²) in [6.07, 6.45) is 32.1. The van der Waals surface area contributed by atoms with Crippen molar-refractivity contribution >= 4 is 17.5 Å². The van der Waals surface area contributed by atoms with Crippen LogP contribution in [0.15, 0.2) is 157 Å². The molecule has 0 saturated carbocycles. The van der Waals surface area contributed by atoms with Gasteiger partial charge in [0.05, 0.1) is 73.2 Å². The van der Waals surface area contributed by atoms with Crippen LogP contribution in [0, 0.1) is 17.8 Å². The first kappa shape index (κ1) is 74.7. The zero-order chi connectivity index (χ0) is 61.2. The number of carbonyl (C=O) groups excluding carboxylic acids is 3. The third-order valence-electron chi connectivity index (χ3n) is 13.5. The molecule has 0 radical (unpaired) electrons. The number of allylic oxidation sites excluding steroid dienone is 18. The van der Waals surface area contributed by atoms with Crippen LogP contribution in [-0.2, 0) is 14.4 Å². The molecule has 0 aromatic heterocycles. The summed E-state index contributed by atoms with van der Waals surface area (Å²) in [6.45, 7) is 5.70. The summed E-state index contributed by atoms with van der Waals surface area (Å²) in [5.41, 5.74) is 5.39. The van der Waals surface area contributed by atoms with E-state index in [0.717, 1.165) is 12.8 Å². The lowest BCUT2D eigenvalue weighted by atomic mass is 9.88. The second-order valence-electron chi connectivity index (χ2n) is 21.1. The molecular formula is C64H98N2O16. The van der Waals surface area contributed by atoms with Crippen molar-refractivity contribution in [2.45, 2.75) is 197 Å². The van der Waals surface area contributed by atoms with Gasteiger partial charge >= 0.3 is 0 Å². The lowest BCUT2D eigenvalue weighted by Gasteiger charge is -2.25. The maximum Gasteiger partial charge on any atom is 0.248 e. The van der Waals surface area contributed by atoms with E-state index in [1.54, 1.807) is 98.9 Å². The minimum Gasteiger partial charge on any atom is -0.510 e. The third kappa shape index (κ3) is 37.0. The van der Waals surface area contributed by atoms with Crippen LogP contribution < -0.4 is 11.1 Å². The summed E-state index contributed by atoms with van der Waals surface area (Å²) >= 11 is 0. The molecule has 0 spiro atoms. The van der Waals surface area contributed by atoms with Crippen molar-refractivity contribution in [2.75, 3.05) is 6.54 Å². The van der Waals surface area contributed by atoms with Gasteiger partial charge in [0.1, 0.15) is 17.2 Å². The second kappa shape index (κ2) is 45.2. The molecule has 460 valence electrons. The first-order valence-electron chi connectivity index (χ1n) is 28.7. The monoisotopic (exact) mass is 1150 g/mol. The van der Waals surface area contributed by atoms with Gasteiger partial charge in [-0.05, 0) is 77.2 Å². The number of nitrogens with two attached hydrogens (primary N) is 1. The van der Waals surface area contributed by atoms with Crippen molar-refractivity contribution in [3.8, 4) is 0 Å². The van der Waals surface area contributed by atoms with E-state index in [-0.39, 0.29) is 106 Å². The average molecular weight is 1150 g/mol. The summed E-state index contributed by atoms with van der Waals surface area (Å²) in [4.78, 5) is 36.3. The molecule has 0 heterocycles. The molecule has 1 aliphatic rings. The van der Waals surface area contributed by atoms with E-state index in [4.69, 9.17) is 5.73 Å². The van der Waals surface area contributed by atoms with Gasteiger partial charge < -0.3 is 77.4 Å². The number of carbonyl (C=O) groups is 3. The number of amides is 1. The van der Waals surface area contributed by atoms with Gasteiger partial charge in [-0.2, -0.15) is 0 Å². The van der Waals surface area contributed by atoms with E-state index in [2.05, 4.69) is 5.32 Å². The zero-order valence-corrected chi connectivity index (χ0v) is 48.2. The minimum absolute atomic E-state index is 0.0332. The van der Waals surface area contributed by atoms with Crippen LogP contribution >= 0.6 is 0 Å². The highest BCUT2D eigenvalue weighted by Crippen LogP contribution is 2.21. The quantitative estimate of drug-likeness (QED) is 0.0163. The summed E-state index contributed by atoms with van der Waals surface area (Å²) in [6, 6.07) is 0. The highest BCUT2D eigenvalue weighted by Gasteiger charge is 2.27. The van der Waals surface area contributed by atoms with Gasteiger partial charge in [-0.1, -0.05) is 161 Å². The Balaban J connectivity index is 2.31. The summed E-state index contributed by atoms with van der Waals surface area (Å²) < 4.78 is 0. The van der Waals surface area contributed by atoms with Crippen LogP contribution in [0.3, 0.4) is 0 Å². The molecule has 0 aromatic rings. The molecule has 0 bridgehead atoms. The fraction of sp³-hybridized carbons (Fsp3) is 0.547. The van der Waals surface area contributed by atoms with Crippen molar-refractivity contribution < 1.29 is 80.8 Å². The molecule has 82 heavy (non-hydrogen) atoms.